The van der Waals surface area contributed by atoms with Crippen molar-refractivity contribution in [1.29, 1.82) is 0 Å². The van der Waals surface area contributed by atoms with Crippen LogP contribution in [-0.2, 0) is 10.8 Å². The highest BCUT2D eigenvalue weighted by Crippen LogP contribution is 2.14. The van der Waals surface area contributed by atoms with Crippen LogP contribution >= 0.6 is 0 Å². The van der Waals surface area contributed by atoms with Crippen molar-refractivity contribution < 1.29 is 9.00 Å². The third-order valence-corrected chi connectivity index (χ3v) is 3.26. The van der Waals surface area contributed by atoms with Crippen LogP contribution < -0.4 is 0 Å². The molecule has 1 aromatic rings. The van der Waals surface area contributed by atoms with E-state index in [1.54, 1.807) is 39.0 Å². The summed E-state index contributed by atoms with van der Waals surface area (Å²) < 4.78 is 11.2. The Labute approximate surface area is 86.0 Å². The lowest BCUT2D eigenvalue weighted by atomic mass is 10.3. The van der Waals surface area contributed by atoms with E-state index in [4.69, 9.17) is 0 Å². The predicted molar refractivity (Wildman–Crippen MR) is 56.5 cm³/mol. The predicted octanol–water partition coefficient (Wildman–Crippen LogP) is 1.77. The molecule has 0 aromatic carbocycles. The van der Waals surface area contributed by atoms with Gasteiger partial charge in [-0.25, -0.2) is 0 Å². The zero-order valence-electron chi connectivity index (χ0n) is 8.48. The first kappa shape index (κ1) is 11.0. The van der Waals surface area contributed by atoms with E-state index >= 15 is 0 Å². The van der Waals surface area contributed by atoms with E-state index in [9.17, 15) is 9.00 Å². The van der Waals surface area contributed by atoms with Crippen molar-refractivity contribution in [2.45, 2.75) is 25.5 Å². The molecular weight excluding hydrogens is 198 g/mol. The van der Waals surface area contributed by atoms with E-state index in [1.807, 2.05) is 0 Å². The van der Waals surface area contributed by atoms with E-state index in [-0.39, 0.29) is 5.69 Å². The Morgan fingerprint density at radius 3 is 2.43 bits per heavy atom. The number of hydrogen-bond acceptors (Lipinski definition) is 3. The Bertz CT molecular complexity index is 354. The van der Waals surface area contributed by atoms with Crippen LogP contribution in [0.3, 0.4) is 0 Å². The standard InChI is InChI=1S/C10H13NO2S/c1-10(2,3)14(13)9(12)8-6-4-5-7-11-8/h4-7H,1-3H3. The van der Waals surface area contributed by atoms with Crippen LogP contribution in [0.15, 0.2) is 24.4 Å². The van der Waals surface area contributed by atoms with E-state index in [2.05, 4.69) is 4.98 Å². The van der Waals surface area contributed by atoms with Gasteiger partial charge in [0.15, 0.2) is 0 Å². The molecule has 1 heterocycles. The molecular formula is C10H13NO2S. The molecule has 3 nitrogen and oxygen atoms in total. The fraction of sp³-hybridized carbons (Fsp3) is 0.400. The van der Waals surface area contributed by atoms with Crippen molar-refractivity contribution in [3.05, 3.63) is 30.1 Å². The first-order chi connectivity index (χ1) is 6.43. The lowest BCUT2D eigenvalue weighted by Gasteiger charge is -2.15. The fourth-order valence-electron chi connectivity index (χ4n) is 0.857. The summed E-state index contributed by atoms with van der Waals surface area (Å²) in [6.45, 7) is 5.30. The molecule has 1 rings (SSSR count). The number of rotatable bonds is 1. The monoisotopic (exact) mass is 211 g/mol. The smallest absolute Gasteiger partial charge is 0.268 e. The lowest BCUT2D eigenvalue weighted by Crippen LogP contribution is -2.28. The van der Waals surface area contributed by atoms with E-state index in [0.29, 0.717) is 0 Å². The maximum atomic E-state index is 11.7. The molecule has 0 saturated carbocycles. The number of aromatic nitrogens is 1. The Morgan fingerprint density at radius 1 is 1.36 bits per heavy atom. The van der Waals surface area contributed by atoms with Gasteiger partial charge in [-0.15, -0.1) is 0 Å². The van der Waals surface area contributed by atoms with Gasteiger partial charge in [-0.1, -0.05) is 6.07 Å². The minimum atomic E-state index is -1.53. The highest BCUT2D eigenvalue weighted by molar-refractivity contribution is 8.02. The van der Waals surface area contributed by atoms with Gasteiger partial charge in [0.1, 0.15) is 16.5 Å². The third kappa shape index (κ3) is 2.48. The SMILES string of the molecule is CC(C)(C)S(=O)C(=O)c1ccccn1. The highest BCUT2D eigenvalue weighted by Gasteiger charge is 2.27. The Morgan fingerprint density at radius 2 is 2.00 bits per heavy atom. The molecule has 1 atom stereocenters. The second-order valence-electron chi connectivity index (χ2n) is 3.88. The fourth-order valence-corrected chi connectivity index (χ4v) is 1.72. The van der Waals surface area contributed by atoms with Crippen molar-refractivity contribution in [2.75, 3.05) is 0 Å². The zero-order valence-corrected chi connectivity index (χ0v) is 9.30. The first-order valence-electron chi connectivity index (χ1n) is 4.30. The number of carbonyl (C=O) groups excluding carboxylic acids is 1. The van der Waals surface area contributed by atoms with Crippen LogP contribution in [0.25, 0.3) is 0 Å². The molecule has 0 fully saturated rings. The Balaban J connectivity index is 2.93. The summed E-state index contributed by atoms with van der Waals surface area (Å²) >= 11 is 0. The van der Waals surface area contributed by atoms with Gasteiger partial charge in [0.25, 0.3) is 5.12 Å². The largest absolute Gasteiger partial charge is 0.277 e. The molecule has 0 saturated heterocycles. The van der Waals surface area contributed by atoms with Gasteiger partial charge in [0, 0.05) is 10.9 Å². The molecule has 0 spiro atoms. The lowest BCUT2D eigenvalue weighted by molar-refractivity contribution is 0.107. The quantitative estimate of drug-likeness (QED) is 0.711. The second kappa shape index (κ2) is 4.00. The maximum Gasteiger partial charge on any atom is 0.268 e. The minimum absolute atomic E-state index is 0.265. The summed E-state index contributed by atoms with van der Waals surface area (Å²) in [4.78, 5) is 15.5. The van der Waals surface area contributed by atoms with Crippen LogP contribution in [0.5, 0.6) is 0 Å². The van der Waals surface area contributed by atoms with Crippen molar-refractivity contribution in [2.24, 2.45) is 0 Å². The normalized spacial score (nSPS) is 13.6. The van der Waals surface area contributed by atoms with Gasteiger partial charge in [-0.05, 0) is 32.9 Å². The van der Waals surface area contributed by atoms with E-state index in [0.717, 1.165) is 0 Å². The van der Waals surface area contributed by atoms with Gasteiger partial charge in [-0.3, -0.25) is 14.0 Å². The summed E-state index contributed by atoms with van der Waals surface area (Å²) in [5, 5.41) is -0.405. The van der Waals surface area contributed by atoms with Gasteiger partial charge in [0.2, 0.25) is 0 Å². The third-order valence-electron chi connectivity index (χ3n) is 1.60. The molecule has 0 bridgehead atoms. The molecule has 1 unspecified atom stereocenters. The summed E-state index contributed by atoms with van der Waals surface area (Å²) in [6.07, 6.45) is 1.52. The highest BCUT2D eigenvalue weighted by atomic mass is 32.2. The molecule has 0 aliphatic heterocycles. The number of carbonyl (C=O) groups is 1. The van der Waals surface area contributed by atoms with E-state index < -0.39 is 20.7 Å². The van der Waals surface area contributed by atoms with Crippen LogP contribution in [0.1, 0.15) is 31.3 Å². The maximum absolute atomic E-state index is 11.7. The van der Waals surface area contributed by atoms with Gasteiger partial charge >= 0.3 is 0 Å². The molecule has 14 heavy (non-hydrogen) atoms. The van der Waals surface area contributed by atoms with Crippen LogP contribution in [0.4, 0.5) is 0 Å². The zero-order chi connectivity index (χ0) is 10.8. The summed E-state index contributed by atoms with van der Waals surface area (Å²) in [5.41, 5.74) is 0.265. The molecule has 4 heteroatoms. The molecule has 1 aromatic heterocycles. The van der Waals surface area contributed by atoms with Gasteiger partial charge in [-0.2, -0.15) is 0 Å². The van der Waals surface area contributed by atoms with Crippen LogP contribution in [-0.4, -0.2) is 19.1 Å². The molecule has 0 aliphatic rings. The molecule has 0 radical (unpaired) electrons. The van der Waals surface area contributed by atoms with Gasteiger partial charge in [0.05, 0.1) is 0 Å². The van der Waals surface area contributed by atoms with Crippen molar-refractivity contribution >= 4 is 15.9 Å². The molecule has 76 valence electrons. The van der Waals surface area contributed by atoms with Crippen LogP contribution in [0, 0.1) is 0 Å². The summed E-state index contributed by atoms with van der Waals surface area (Å²) in [6, 6.07) is 5.00. The average Bonchev–Trinajstić information content (AvgIpc) is 2.15. The summed E-state index contributed by atoms with van der Waals surface area (Å²) in [5.74, 6) is 0. The Kier molecular flexibility index (Phi) is 3.16. The van der Waals surface area contributed by atoms with Crippen molar-refractivity contribution in [3.63, 3.8) is 0 Å². The minimum Gasteiger partial charge on any atom is -0.277 e. The van der Waals surface area contributed by atoms with E-state index in [1.165, 1.54) is 6.20 Å². The number of nitrogens with zero attached hydrogens (tertiary/aromatic N) is 1. The topological polar surface area (TPSA) is 47.0 Å². The second-order valence-corrected chi connectivity index (χ2v) is 6.02. The Hall–Kier alpha value is -1.03. The molecule has 0 aliphatic carbocycles. The number of hydrogen-bond donors (Lipinski definition) is 0. The van der Waals surface area contributed by atoms with Crippen molar-refractivity contribution in [1.82, 2.24) is 4.98 Å². The summed E-state index contributed by atoms with van der Waals surface area (Å²) in [7, 11) is -1.53. The average molecular weight is 211 g/mol. The van der Waals surface area contributed by atoms with Crippen LogP contribution in [0.2, 0.25) is 0 Å². The van der Waals surface area contributed by atoms with Crippen molar-refractivity contribution in [3.8, 4) is 0 Å². The van der Waals surface area contributed by atoms with Gasteiger partial charge < -0.3 is 0 Å². The number of pyridine rings is 1. The molecule has 0 amide bonds. The molecule has 0 N–H and O–H groups in total. The first-order valence-corrected chi connectivity index (χ1v) is 5.45.